The largest absolute Gasteiger partial charge is 0.337 e. The van der Waals surface area contributed by atoms with Gasteiger partial charge in [0.05, 0.1) is 5.52 Å². The van der Waals surface area contributed by atoms with Crippen LogP contribution in [0.1, 0.15) is 33.1 Å². The Morgan fingerprint density at radius 1 is 1.29 bits per heavy atom. The summed E-state index contributed by atoms with van der Waals surface area (Å²) in [5.41, 5.74) is 1.03. The Hall–Kier alpha value is -1.68. The van der Waals surface area contributed by atoms with E-state index in [0.29, 0.717) is 12.1 Å². The molecule has 1 atom stereocenters. The molecule has 3 rings (SSSR count). The molecule has 1 N–H and O–H groups in total. The van der Waals surface area contributed by atoms with Crippen molar-refractivity contribution in [2.24, 2.45) is 0 Å². The van der Waals surface area contributed by atoms with Gasteiger partial charge in [0.15, 0.2) is 0 Å². The van der Waals surface area contributed by atoms with Gasteiger partial charge in [-0.1, -0.05) is 32.0 Å². The van der Waals surface area contributed by atoms with Crippen molar-refractivity contribution in [1.82, 2.24) is 15.3 Å². The maximum absolute atomic E-state index is 4.76. The standard InChI is InChI=1S/C17H24N4/c1-13(2)18-12-15-8-5-6-10-21(15)17-19-11-14-7-3-4-9-16(14)20-17/h3-4,7,9,11,13,15,18H,5-6,8,10,12H2,1-2H3. The van der Waals surface area contributed by atoms with Gasteiger partial charge in [0.2, 0.25) is 5.95 Å². The Morgan fingerprint density at radius 2 is 2.14 bits per heavy atom. The van der Waals surface area contributed by atoms with Gasteiger partial charge in [-0.15, -0.1) is 0 Å². The van der Waals surface area contributed by atoms with Crippen LogP contribution in [0, 0.1) is 0 Å². The average Bonchev–Trinajstić information content (AvgIpc) is 2.52. The zero-order valence-corrected chi connectivity index (χ0v) is 12.9. The molecule has 112 valence electrons. The summed E-state index contributed by atoms with van der Waals surface area (Å²) in [7, 11) is 0. The molecule has 1 unspecified atom stereocenters. The Labute approximate surface area is 126 Å². The summed E-state index contributed by atoms with van der Waals surface area (Å²) in [5.74, 6) is 0.879. The number of piperidine rings is 1. The number of nitrogens with zero attached hydrogens (tertiary/aromatic N) is 3. The molecule has 0 amide bonds. The van der Waals surface area contributed by atoms with Crippen LogP contribution in [-0.4, -0.2) is 35.1 Å². The Morgan fingerprint density at radius 3 is 3.00 bits per heavy atom. The highest BCUT2D eigenvalue weighted by Crippen LogP contribution is 2.23. The van der Waals surface area contributed by atoms with E-state index in [1.807, 2.05) is 18.3 Å². The first-order chi connectivity index (χ1) is 10.2. The molecule has 1 saturated heterocycles. The van der Waals surface area contributed by atoms with E-state index < -0.39 is 0 Å². The predicted molar refractivity (Wildman–Crippen MR) is 87.7 cm³/mol. The number of hydrogen-bond acceptors (Lipinski definition) is 4. The Bertz CT molecular complexity index is 596. The molecule has 0 radical (unpaired) electrons. The quantitative estimate of drug-likeness (QED) is 0.937. The van der Waals surface area contributed by atoms with Crippen LogP contribution >= 0.6 is 0 Å². The maximum Gasteiger partial charge on any atom is 0.226 e. The van der Waals surface area contributed by atoms with Crippen LogP contribution in [0.5, 0.6) is 0 Å². The zero-order valence-electron chi connectivity index (χ0n) is 12.9. The van der Waals surface area contributed by atoms with Crippen LogP contribution in [0.4, 0.5) is 5.95 Å². The lowest BCUT2D eigenvalue weighted by atomic mass is 10.0. The third-order valence-corrected chi connectivity index (χ3v) is 4.12. The number of rotatable bonds is 4. The highest BCUT2D eigenvalue weighted by Gasteiger charge is 2.24. The van der Waals surface area contributed by atoms with E-state index in [1.165, 1.54) is 19.3 Å². The monoisotopic (exact) mass is 284 g/mol. The van der Waals surface area contributed by atoms with Crippen molar-refractivity contribution in [2.75, 3.05) is 18.0 Å². The van der Waals surface area contributed by atoms with Crippen molar-refractivity contribution >= 4 is 16.9 Å². The summed E-state index contributed by atoms with van der Waals surface area (Å²) in [5, 5.41) is 4.66. The molecule has 2 heterocycles. The van der Waals surface area contributed by atoms with Gasteiger partial charge in [-0.25, -0.2) is 9.97 Å². The number of hydrogen-bond donors (Lipinski definition) is 1. The Kier molecular flexibility index (Phi) is 4.34. The topological polar surface area (TPSA) is 41.0 Å². The number of nitrogens with one attached hydrogen (secondary N) is 1. The van der Waals surface area contributed by atoms with E-state index in [4.69, 9.17) is 4.98 Å². The highest BCUT2D eigenvalue weighted by atomic mass is 15.3. The molecule has 1 aromatic heterocycles. The van der Waals surface area contributed by atoms with Gasteiger partial charge < -0.3 is 10.2 Å². The first-order valence-electron chi connectivity index (χ1n) is 7.96. The average molecular weight is 284 g/mol. The van der Waals surface area contributed by atoms with Gasteiger partial charge in [-0.3, -0.25) is 0 Å². The molecule has 2 aromatic rings. The zero-order chi connectivity index (χ0) is 14.7. The van der Waals surface area contributed by atoms with Crippen LogP contribution < -0.4 is 10.2 Å². The molecule has 21 heavy (non-hydrogen) atoms. The number of para-hydroxylation sites is 1. The lowest BCUT2D eigenvalue weighted by Gasteiger charge is -2.36. The summed E-state index contributed by atoms with van der Waals surface area (Å²) in [6, 6.07) is 9.21. The van der Waals surface area contributed by atoms with Crippen molar-refractivity contribution in [1.29, 1.82) is 0 Å². The summed E-state index contributed by atoms with van der Waals surface area (Å²) < 4.78 is 0. The van der Waals surface area contributed by atoms with Crippen LogP contribution in [0.15, 0.2) is 30.5 Å². The first kappa shape index (κ1) is 14.3. The van der Waals surface area contributed by atoms with Crippen molar-refractivity contribution in [2.45, 2.75) is 45.2 Å². The summed E-state index contributed by atoms with van der Waals surface area (Å²) in [4.78, 5) is 11.7. The van der Waals surface area contributed by atoms with Gasteiger partial charge in [-0.05, 0) is 25.3 Å². The molecule has 0 aliphatic carbocycles. The number of anilines is 1. The van der Waals surface area contributed by atoms with Gasteiger partial charge in [0, 0.05) is 36.8 Å². The van der Waals surface area contributed by atoms with E-state index in [9.17, 15) is 0 Å². The maximum atomic E-state index is 4.76. The minimum absolute atomic E-state index is 0.502. The van der Waals surface area contributed by atoms with Gasteiger partial charge >= 0.3 is 0 Å². The fourth-order valence-corrected chi connectivity index (χ4v) is 2.95. The second-order valence-electron chi connectivity index (χ2n) is 6.13. The van der Waals surface area contributed by atoms with E-state index in [1.54, 1.807) is 0 Å². The van der Waals surface area contributed by atoms with E-state index >= 15 is 0 Å². The van der Waals surface area contributed by atoms with Crippen LogP contribution in [0.2, 0.25) is 0 Å². The molecule has 0 spiro atoms. The normalized spacial score (nSPS) is 19.4. The molecule has 1 aliphatic rings. The van der Waals surface area contributed by atoms with Crippen molar-refractivity contribution < 1.29 is 0 Å². The minimum atomic E-state index is 0.502. The van der Waals surface area contributed by atoms with E-state index in [-0.39, 0.29) is 0 Å². The van der Waals surface area contributed by atoms with E-state index in [2.05, 4.69) is 41.2 Å². The van der Waals surface area contributed by atoms with Crippen LogP contribution in [0.3, 0.4) is 0 Å². The SMILES string of the molecule is CC(C)NCC1CCCCN1c1ncc2ccccc2n1. The summed E-state index contributed by atoms with van der Waals surface area (Å²) in [6.45, 7) is 6.45. The third-order valence-electron chi connectivity index (χ3n) is 4.12. The van der Waals surface area contributed by atoms with Gasteiger partial charge in [0.25, 0.3) is 0 Å². The second kappa shape index (κ2) is 6.39. The Balaban J connectivity index is 1.83. The fourth-order valence-electron chi connectivity index (χ4n) is 2.95. The highest BCUT2D eigenvalue weighted by molar-refractivity contribution is 5.78. The fraction of sp³-hybridized carbons (Fsp3) is 0.529. The van der Waals surface area contributed by atoms with E-state index in [0.717, 1.165) is 29.9 Å². The van der Waals surface area contributed by atoms with Crippen LogP contribution in [-0.2, 0) is 0 Å². The molecular weight excluding hydrogens is 260 g/mol. The van der Waals surface area contributed by atoms with Crippen LogP contribution in [0.25, 0.3) is 10.9 Å². The van der Waals surface area contributed by atoms with Gasteiger partial charge in [0.1, 0.15) is 0 Å². The molecule has 1 aromatic carbocycles. The lowest BCUT2D eigenvalue weighted by molar-refractivity contribution is 0.416. The molecular formula is C17H24N4. The van der Waals surface area contributed by atoms with Crippen molar-refractivity contribution in [3.63, 3.8) is 0 Å². The number of benzene rings is 1. The predicted octanol–water partition coefficient (Wildman–Crippen LogP) is 2.99. The molecule has 0 saturated carbocycles. The minimum Gasteiger partial charge on any atom is -0.337 e. The van der Waals surface area contributed by atoms with Crippen molar-refractivity contribution in [3.05, 3.63) is 30.5 Å². The summed E-state index contributed by atoms with van der Waals surface area (Å²) >= 11 is 0. The molecule has 0 bridgehead atoms. The third kappa shape index (κ3) is 3.32. The van der Waals surface area contributed by atoms with Gasteiger partial charge in [-0.2, -0.15) is 0 Å². The van der Waals surface area contributed by atoms with Crippen molar-refractivity contribution in [3.8, 4) is 0 Å². The lowest BCUT2D eigenvalue weighted by Crippen LogP contribution is -2.47. The first-order valence-corrected chi connectivity index (χ1v) is 7.96. The second-order valence-corrected chi connectivity index (χ2v) is 6.13. The molecule has 1 aliphatic heterocycles. The number of aromatic nitrogens is 2. The molecule has 4 nitrogen and oxygen atoms in total. The molecule has 1 fully saturated rings. The summed E-state index contributed by atoms with van der Waals surface area (Å²) in [6.07, 6.45) is 5.69. The molecule has 4 heteroatoms. The number of fused-ring (bicyclic) bond motifs is 1. The smallest absolute Gasteiger partial charge is 0.226 e.